The number of ether oxygens (including phenoxy) is 1. The molecule has 0 saturated carbocycles. The van der Waals surface area contributed by atoms with E-state index >= 15 is 0 Å². The van der Waals surface area contributed by atoms with Crippen LogP contribution in [0.4, 0.5) is 0 Å². The summed E-state index contributed by atoms with van der Waals surface area (Å²) in [7, 11) is 1.38. The number of hydrogen-bond donors (Lipinski definition) is 2. The molecule has 2 aromatic carbocycles. The zero-order chi connectivity index (χ0) is 20.5. The van der Waals surface area contributed by atoms with E-state index in [1.807, 2.05) is 12.1 Å². The second-order valence-corrected chi connectivity index (χ2v) is 8.29. The Morgan fingerprint density at radius 3 is 1.87 bits per heavy atom. The number of nitrogens with one attached hydrogen (secondary N) is 2. The van der Waals surface area contributed by atoms with Crippen LogP contribution < -0.4 is 10.6 Å². The predicted molar refractivity (Wildman–Crippen MR) is 129 cm³/mol. The molecule has 6 heteroatoms. The first-order valence-corrected chi connectivity index (χ1v) is 11.0. The van der Waals surface area contributed by atoms with Gasteiger partial charge in [-0.25, -0.2) is 4.79 Å². The van der Waals surface area contributed by atoms with Crippen LogP contribution in [0.1, 0.15) is 54.5 Å². The molecule has 0 aliphatic carbocycles. The fourth-order valence-electron chi connectivity index (χ4n) is 3.70. The number of methoxy groups -OCH3 is 1. The van der Waals surface area contributed by atoms with Crippen molar-refractivity contribution in [1.29, 1.82) is 0 Å². The van der Waals surface area contributed by atoms with Crippen LogP contribution >= 0.6 is 28.3 Å². The molecule has 2 N–H and O–H groups in total. The molecule has 162 valence electrons. The van der Waals surface area contributed by atoms with Crippen LogP contribution in [0.2, 0.25) is 0 Å². The number of rotatable bonds is 4. The van der Waals surface area contributed by atoms with Gasteiger partial charge in [0.25, 0.3) is 0 Å². The third-order valence-corrected chi connectivity index (χ3v) is 5.87. The van der Waals surface area contributed by atoms with E-state index in [2.05, 4.69) is 67.7 Å². The van der Waals surface area contributed by atoms with Gasteiger partial charge < -0.3 is 15.4 Å². The Morgan fingerprint density at radius 2 is 1.43 bits per heavy atom. The molecule has 2 heterocycles. The quantitative estimate of drug-likeness (QED) is 0.430. The Balaban J connectivity index is 0.000000218. The number of esters is 1. The minimum absolute atomic E-state index is 0. The van der Waals surface area contributed by atoms with Crippen molar-refractivity contribution in [2.75, 3.05) is 20.2 Å². The molecule has 30 heavy (non-hydrogen) atoms. The van der Waals surface area contributed by atoms with Crippen molar-refractivity contribution in [3.05, 3.63) is 75.8 Å². The zero-order valence-corrected chi connectivity index (χ0v) is 19.7. The van der Waals surface area contributed by atoms with Crippen LogP contribution in [0, 0.1) is 0 Å². The summed E-state index contributed by atoms with van der Waals surface area (Å²) in [6.45, 7) is 2.27. The monoisotopic (exact) mass is 492 g/mol. The van der Waals surface area contributed by atoms with Gasteiger partial charge in [-0.1, -0.05) is 52.3 Å². The van der Waals surface area contributed by atoms with Gasteiger partial charge in [-0.3, -0.25) is 0 Å². The third-order valence-electron chi connectivity index (χ3n) is 5.34. The number of halogens is 2. The summed E-state index contributed by atoms with van der Waals surface area (Å²) in [5, 5.41) is 6.94. The molecule has 4 rings (SSSR count). The van der Waals surface area contributed by atoms with Gasteiger partial charge in [-0.05, 0) is 73.7 Å². The van der Waals surface area contributed by atoms with Gasteiger partial charge >= 0.3 is 5.97 Å². The summed E-state index contributed by atoms with van der Waals surface area (Å²) in [6, 6.07) is 17.9. The maximum Gasteiger partial charge on any atom is 0.330 e. The molecule has 2 aromatic rings. The molecule has 0 unspecified atom stereocenters. The van der Waals surface area contributed by atoms with Crippen LogP contribution in [0.15, 0.2) is 59.1 Å². The zero-order valence-electron chi connectivity index (χ0n) is 17.3. The summed E-state index contributed by atoms with van der Waals surface area (Å²) in [6.07, 6.45) is 8.23. The number of benzene rings is 2. The first kappa shape index (κ1) is 24.6. The van der Waals surface area contributed by atoms with Crippen molar-refractivity contribution in [2.24, 2.45) is 0 Å². The van der Waals surface area contributed by atoms with E-state index in [1.54, 1.807) is 6.08 Å². The van der Waals surface area contributed by atoms with Gasteiger partial charge in [0.05, 0.1) is 7.11 Å². The highest BCUT2D eigenvalue weighted by Gasteiger charge is 2.16. The van der Waals surface area contributed by atoms with Crippen molar-refractivity contribution in [3.8, 4) is 0 Å². The van der Waals surface area contributed by atoms with E-state index in [9.17, 15) is 4.79 Å². The lowest BCUT2D eigenvalue weighted by Gasteiger charge is -2.10. The van der Waals surface area contributed by atoms with E-state index in [1.165, 1.54) is 56.5 Å². The van der Waals surface area contributed by atoms with Gasteiger partial charge in [0, 0.05) is 22.6 Å². The van der Waals surface area contributed by atoms with Gasteiger partial charge in [0.1, 0.15) is 0 Å². The van der Waals surface area contributed by atoms with Crippen LogP contribution in [0.5, 0.6) is 0 Å². The number of carbonyl (C=O) groups excluding carboxylic acids is 1. The first-order valence-electron chi connectivity index (χ1n) is 10.2. The summed E-state index contributed by atoms with van der Waals surface area (Å²) < 4.78 is 5.70. The molecule has 2 saturated heterocycles. The largest absolute Gasteiger partial charge is 0.466 e. The van der Waals surface area contributed by atoms with E-state index in [0.29, 0.717) is 12.1 Å². The van der Waals surface area contributed by atoms with E-state index in [4.69, 9.17) is 0 Å². The van der Waals surface area contributed by atoms with E-state index in [0.717, 1.165) is 16.6 Å². The molecule has 0 aromatic heterocycles. The second-order valence-electron chi connectivity index (χ2n) is 7.37. The van der Waals surface area contributed by atoms with E-state index in [-0.39, 0.29) is 18.4 Å². The Morgan fingerprint density at radius 1 is 0.933 bits per heavy atom. The lowest BCUT2D eigenvalue weighted by Crippen LogP contribution is -2.12. The second kappa shape index (κ2) is 12.9. The number of carbonyl (C=O) groups is 1. The van der Waals surface area contributed by atoms with Crippen molar-refractivity contribution in [2.45, 2.75) is 37.8 Å². The Hall–Kier alpha value is -1.66. The third kappa shape index (κ3) is 7.55. The molecule has 2 aliphatic heterocycles. The van der Waals surface area contributed by atoms with Crippen molar-refractivity contribution in [1.82, 2.24) is 10.6 Å². The lowest BCUT2D eigenvalue weighted by atomic mass is 10.0. The molecule has 0 radical (unpaired) electrons. The normalized spacial score (nSPS) is 20.3. The molecular weight excluding hydrogens is 464 g/mol. The predicted octanol–water partition coefficient (Wildman–Crippen LogP) is 5.59. The van der Waals surface area contributed by atoms with Gasteiger partial charge in [-0.15, -0.1) is 12.4 Å². The van der Waals surface area contributed by atoms with Crippen molar-refractivity contribution >= 4 is 40.4 Å². The van der Waals surface area contributed by atoms with Crippen molar-refractivity contribution < 1.29 is 9.53 Å². The molecule has 2 aliphatic rings. The van der Waals surface area contributed by atoms with Gasteiger partial charge in [0.15, 0.2) is 0 Å². The summed E-state index contributed by atoms with van der Waals surface area (Å²) in [5.41, 5.74) is 3.74. The SMILES string of the molecule is Brc1ccc([C@H]2CCCN2)cc1.COC(=O)/C=C/c1ccc([C@H]2CCCN2)cc1.Cl. The molecule has 2 fully saturated rings. The average Bonchev–Trinajstić information content (AvgIpc) is 3.48. The fraction of sp³-hybridized carbons (Fsp3) is 0.375. The van der Waals surface area contributed by atoms with E-state index < -0.39 is 0 Å². The minimum Gasteiger partial charge on any atom is -0.466 e. The number of hydrogen-bond acceptors (Lipinski definition) is 4. The highest BCUT2D eigenvalue weighted by atomic mass is 79.9. The first-order chi connectivity index (χ1) is 14.2. The molecule has 0 spiro atoms. The molecular formula is C24H30BrClN2O2. The summed E-state index contributed by atoms with van der Waals surface area (Å²) in [4.78, 5) is 10.9. The van der Waals surface area contributed by atoms with Crippen molar-refractivity contribution in [3.63, 3.8) is 0 Å². The van der Waals surface area contributed by atoms with Gasteiger partial charge in [-0.2, -0.15) is 0 Å². The maximum absolute atomic E-state index is 10.9. The average molecular weight is 494 g/mol. The molecule has 0 amide bonds. The Kier molecular flexibility index (Phi) is 10.6. The lowest BCUT2D eigenvalue weighted by molar-refractivity contribution is -0.134. The van der Waals surface area contributed by atoms with Crippen LogP contribution in [0.3, 0.4) is 0 Å². The minimum atomic E-state index is -0.327. The Labute approximate surface area is 194 Å². The fourth-order valence-corrected chi connectivity index (χ4v) is 3.97. The Bertz CT molecular complexity index is 797. The van der Waals surface area contributed by atoms with Crippen LogP contribution in [-0.2, 0) is 9.53 Å². The van der Waals surface area contributed by atoms with Crippen LogP contribution in [0.25, 0.3) is 6.08 Å². The standard InChI is InChI=1S/C14H17NO2.C10H12BrN.ClH/c1-17-14(16)9-6-11-4-7-12(8-5-11)13-3-2-10-15-13;11-9-5-3-8(4-6-9)10-2-1-7-12-10;/h4-9,13,15H,2-3,10H2,1H3;3-6,10,12H,1-2,7H2;1H/b9-6+;;/t13-;10-;/m11./s1. The summed E-state index contributed by atoms with van der Waals surface area (Å²) in [5.74, 6) is -0.327. The molecule has 4 nitrogen and oxygen atoms in total. The van der Waals surface area contributed by atoms with Crippen LogP contribution in [-0.4, -0.2) is 26.2 Å². The highest BCUT2D eigenvalue weighted by molar-refractivity contribution is 9.10. The van der Waals surface area contributed by atoms with Gasteiger partial charge in [0.2, 0.25) is 0 Å². The molecule has 2 atom stereocenters. The topological polar surface area (TPSA) is 50.4 Å². The smallest absolute Gasteiger partial charge is 0.330 e. The maximum atomic E-state index is 10.9. The highest BCUT2D eigenvalue weighted by Crippen LogP contribution is 2.24. The molecule has 0 bridgehead atoms. The summed E-state index contributed by atoms with van der Waals surface area (Å²) >= 11 is 3.43.